The Balaban J connectivity index is 1.82. The van der Waals surface area contributed by atoms with Gasteiger partial charge in [-0.2, -0.15) is 0 Å². The third kappa shape index (κ3) is 3.54. The molecule has 0 radical (unpaired) electrons. The van der Waals surface area contributed by atoms with Crippen molar-refractivity contribution < 1.29 is 4.42 Å². The lowest BCUT2D eigenvalue weighted by atomic mass is 10.1. The van der Waals surface area contributed by atoms with E-state index < -0.39 is 0 Å². The van der Waals surface area contributed by atoms with Crippen LogP contribution in [0.3, 0.4) is 0 Å². The van der Waals surface area contributed by atoms with Crippen molar-refractivity contribution in [1.29, 1.82) is 0 Å². The molecule has 0 aliphatic rings. The van der Waals surface area contributed by atoms with E-state index in [0.29, 0.717) is 6.04 Å². The first-order valence-electron chi connectivity index (χ1n) is 7.53. The smallest absolute Gasteiger partial charge is 0.103 e. The molecule has 0 fully saturated rings. The van der Waals surface area contributed by atoms with Gasteiger partial charge in [0, 0.05) is 36.9 Å². The van der Waals surface area contributed by atoms with E-state index in [1.165, 1.54) is 17.0 Å². The van der Waals surface area contributed by atoms with Crippen LogP contribution in [0.25, 0.3) is 0 Å². The van der Waals surface area contributed by atoms with E-state index in [-0.39, 0.29) is 0 Å². The molecule has 0 saturated heterocycles. The molecule has 0 aliphatic heterocycles. The molecule has 0 aromatic carbocycles. The lowest BCUT2D eigenvalue weighted by Gasteiger charge is -2.13. The molecule has 0 amide bonds. The van der Waals surface area contributed by atoms with Crippen molar-refractivity contribution in [2.24, 2.45) is 0 Å². The van der Waals surface area contributed by atoms with Crippen molar-refractivity contribution in [3.63, 3.8) is 0 Å². The number of rotatable bonds is 7. The molecule has 20 heavy (non-hydrogen) atoms. The minimum absolute atomic E-state index is 0.491. The summed E-state index contributed by atoms with van der Waals surface area (Å²) in [5.41, 5.74) is 4.15. The highest BCUT2D eigenvalue weighted by Crippen LogP contribution is 2.15. The Hall–Kier alpha value is -1.48. The van der Waals surface area contributed by atoms with Crippen molar-refractivity contribution in [1.82, 2.24) is 9.88 Å². The molecule has 0 saturated carbocycles. The van der Waals surface area contributed by atoms with Crippen molar-refractivity contribution in [3.05, 3.63) is 47.2 Å². The van der Waals surface area contributed by atoms with Crippen molar-refractivity contribution >= 4 is 0 Å². The standard InChI is InChI=1S/C17H26N2O/c1-5-19-14(3)11-16(15(19)4)12-18-13(2)8-9-17-7-6-10-20-17/h6-7,10-11,13,18H,5,8-9,12H2,1-4H3. The van der Waals surface area contributed by atoms with Gasteiger partial charge in [0.15, 0.2) is 0 Å². The Bertz CT molecular complexity index is 525. The van der Waals surface area contributed by atoms with E-state index in [2.05, 4.69) is 43.6 Å². The first-order chi connectivity index (χ1) is 9.61. The Morgan fingerprint density at radius 3 is 2.75 bits per heavy atom. The summed E-state index contributed by atoms with van der Waals surface area (Å²) in [6, 6.07) is 6.78. The predicted octanol–water partition coefficient (Wildman–Crippen LogP) is 3.83. The third-order valence-electron chi connectivity index (χ3n) is 4.04. The monoisotopic (exact) mass is 274 g/mol. The van der Waals surface area contributed by atoms with E-state index in [0.717, 1.165) is 31.7 Å². The van der Waals surface area contributed by atoms with Crippen molar-refractivity contribution in [3.8, 4) is 0 Å². The number of nitrogens with one attached hydrogen (secondary N) is 1. The number of aromatic nitrogens is 1. The second kappa shape index (κ2) is 6.80. The van der Waals surface area contributed by atoms with Gasteiger partial charge in [0.1, 0.15) is 5.76 Å². The molecule has 3 nitrogen and oxygen atoms in total. The lowest BCUT2D eigenvalue weighted by molar-refractivity contribution is 0.459. The summed E-state index contributed by atoms with van der Waals surface area (Å²) < 4.78 is 7.73. The fourth-order valence-electron chi connectivity index (χ4n) is 2.74. The van der Waals surface area contributed by atoms with E-state index in [1.807, 2.05) is 12.1 Å². The lowest BCUT2D eigenvalue weighted by Crippen LogP contribution is -2.26. The summed E-state index contributed by atoms with van der Waals surface area (Å²) in [7, 11) is 0. The summed E-state index contributed by atoms with van der Waals surface area (Å²) in [5.74, 6) is 1.07. The van der Waals surface area contributed by atoms with Gasteiger partial charge in [-0.15, -0.1) is 0 Å². The van der Waals surface area contributed by atoms with Crippen LogP contribution in [0, 0.1) is 13.8 Å². The molecule has 2 rings (SSSR count). The maximum atomic E-state index is 5.37. The van der Waals surface area contributed by atoms with Crippen molar-refractivity contribution in [2.75, 3.05) is 0 Å². The average molecular weight is 274 g/mol. The largest absolute Gasteiger partial charge is 0.469 e. The van der Waals surface area contributed by atoms with Crippen LogP contribution in [0.1, 0.15) is 43.0 Å². The third-order valence-corrected chi connectivity index (χ3v) is 4.04. The van der Waals surface area contributed by atoms with E-state index in [9.17, 15) is 0 Å². The summed E-state index contributed by atoms with van der Waals surface area (Å²) in [4.78, 5) is 0. The second-order valence-electron chi connectivity index (χ2n) is 5.54. The van der Waals surface area contributed by atoms with E-state index in [4.69, 9.17) is 4.42 Å². The van der Waals surface area contributed by atoms with E-state index >= 15 is 0 Å². The van der Waals surface area contributed by atoms with Crippen LogP contribution in [0.5, 0.6) is 0 Å². The summed E-state index contributed by atoms with van der Waals surface area (Å²) >= 11 is 0. The Labute approximate surface area is 122 Å². The average Bonchev–Trinajstić information content (AvgIpc) is 3.03. The van der Waals surface area contributed by atoms with Gasteiger partial charge >= 0.3 is 0 Å². The maximum Gasteiger partial charge on any atom is 0.103 e. The van der Waals surface area contributed by atoms with Crippen molar-refractivity contribution in [2.45, 2.75) is 59.7 Å². The fourth-order valence-corrected chi connectivity index (χ4v) is 2.74. The SMILES string of the molecule is CCn1c(C)cc(CNC(C)CCc2ccco2)c1C. The topological polar surface area (TPSA) is 30.1 Å². The zero-order valence-electron chi connectivity index (χ0n) is 13.1. The van der Waals surface area contributed by atoms with Gasteiger partial charge in [0.25, 0.3) is 0 Å². The predicted molar refractivity (Wildman–Crippen MR) is 82.9 cm³/mol. The highest BCUT2D eigenvalue weighted by Gasteiger charge is 2.09. The number of furan rings is 1. The fraction of sp³-hybridized carbons (Fsp3) is 0.529. The molecule has 0 aliphatic carbocycles. The van der Waals surface area contributed by atoms with Crippen LogP contribution < -0.4 is 5.32 Å². The highest BCUT2D eigenvalue weighted by molar-refractivity contribution is 5.26. The Kier molecular flexibility index (Phi) is 5.07. The van der Waals surface area contributed by atoms with Crippen LogP contribution in [0.15, 0.2) is 28.9 Å². The quantitative estimate of drug-likeness (QED) is 0.831. The number of hydrogen-bond donors (Lipinski definition) is 1. The summed E-state index contributed by atoms with van der Waals surface area (Å²) in [6.07, 6.45) is 3.84. The minimum Gasteiger partial charge on any atom is -0.469 e. The molecule has 2 aromatic heterocycles. The normalized spacial score (nSPS) is 12.8. The summed E-state index contributed by atoms with van der Waals surface area (Å²) in [5, 5.41) is 3.61. The Morgan fingerprint density at radius 1 is 1.35 bits per heavy atom. The number of hydrogen-bond acceptors (Lipinski definition) is 2. The highest BCUT2D eigenvalue weighted by atomic mass is 16.3. The molecule has 1 N–H and O–H groups in total. The van der Waals surface area contributed by atoms with Crippen LogP contribution in [0.4, 0.5) is 0 Å². The van der Waals surface area contributed by atoms with E-state index in [1.54, 1.807) is 6.26 Å². The van der Waals surface area contributed by atoms with Gasteiger partial charge in [-0.05, 0) is 57.9 Å². The zero-order chi connectivity index (χ0) is 14.5. The molecule has 110 valence electrons. The van der Waals surface area contributed by atoms with Gasteiger partial charge in [0.05, 0.1) is 6.26 Å². The number of nitrogens with zero attached hydrogens (tertiary/aromatic N) is 1. The van der Waals surface area contributed by atoms with Crippen LogP contribution >= 0.6 is 0 Å². The molecule has 2 heterocycles. The van der Waals surface area contributed by atoms with Crippen LogP contribution in [-0.2, 0) is 19.5 Å². The molecular formula is C17H26N2O. The number of aryl methyl sites for hydroxylation is 2. The molecule has 1 unspecified atom stereocenters. The van der Waals surface area contributed by atoms with Gasteiger partial charge in [-0.3, -0.25) is 0 Å². The molecule has 2 aromatic rings. The van der Waals surface area contributed by atoms with Gasteiger partial charge in [0.2, 0.25) is 0 Å². The second-order valence-corrected chi connectivity index (χ2v) is 5.54. The minimum atomic E-state index is 0.491. The van der Waals surface area contributed by atoms with Gasteiger partial charge in [-0.25, -0.2) is 0 Å². The summed E-state index contributed by atoms with van der Waals surface area (Å²) in [6.45, 7) is 10.8. The Morgan fingerprint density at radius 2 is 2.15 bits per heavy atom. The first-order valence-corrected chi connectivity index (χ1v) is 7.53. The molecule has 0 spiro atoms. The van der Waals surface area contributed by atoms with Gasteiger partial charge in [-0.1, -0.05) is 0 Å². The maximum absolute atomic E-state index is 5.37. The van der Waals surface area contributed by atoms with Gasteiger partial charge < -0.3 is 14.3 Å². The molecule has 0 bridgehead atoms. The molecule has 3 heteroatoms. The van der Waals surface area contributed by atoms with Crippen LogP contribution in [-0.4, -0.2) is 10.6 Å². The molecular weight excluding hydrogens is 248 g/mol. The van der Waals surface area contributed by atoms with Crippen LogP contribution in [0.2, 0.25) is 0 Å². The molecule has 1 atom stereocenters. The zero-order valence-corrected chi connectivity index (χ0v) is 13.1. The first kappa shape index (κ1) is 14.9.